The van der Waals surface area contributed by atoms with Crippen LogP contribution in [-0.4, -0.2) is 17.5 Å². The maximum absolute atomic E-state index is 11.5. The standard InChI is InChI=1S/C15H19N3O2/c1-9(2)12-8-14(20)17-18-15(12)11-5-3-10(4-6-11)7-13(16)19/h3-6,9,12H,7-8H2,1-2H3,(H2,16,19)(H,17,20). The molecule has 0 radical (unpaired) electrons. The molecule has 20 heavy (non-hydrogen) atoms. The number of hydrogen-bond donors (Lipinski definition) is 2. The third kappa shape index (κ3) is 3.23. The number of primary amides is 1. The van der Waals surface area contributed by atoms with Crippen molar-refractivity contribution in [3.63, 3.8) is 0 Å². The van der Waals surface area contributed by atoms with Crippen LogP contribution in [-0.2, 0) is 16.0 Å². The third-order valence-electron chi connectivity index (χ3n) is 3.49. The van der Waals surface area contributed by atoms with E-state index in [0.717, 1.165) is 16.8 Å². The number of nitrogens with two attached hydrogens (primary N) is 1. The molecular weight excluding hydrogens is 254 g/mol. The highest BCUT2D eigenvalue weighted by molar-refractivity contribution is 6.06. The normalized spacial score (nSPS) is 18.6. The van der Waals surface area contributed by atoms with Crippen LogP contribution in [0.1, 0.15) is 31.4 Å². The second-order valence-corrected chi connectivity index (χ2v) is 5.43. The van der Waals surface area contributed by atoms with Crippen molar-refractivity contribution in [3.8, 4) is 0 Å². The topological polar surface area (TPSA) is 84.6 Å². The number of benzene rings is 1. The molecule has 0 saturated carbocycles. The van der Waals surface area contributed by atoms with Crippen LogP contribution in [0.3, 0.4) is 0 Å². The number of nitrogens with zero attached hydrogens (tertiary/aromatic N) is 1. The highest BCUT2D eigenvalue weighted by Gasteiger charge is 2.27. The lowest BCUT2D eigenvalue weighted by molar-refractivity contribution is -0.122. The van der Waals surface area contributed by atoms with E-state index in [1.807, 2.05) is 24.3 Å². The molecule has 1 unspecified atom stereocenters. The zero-order valence-electron chi connectivity index (χ0n) is 11.7. The molecule has 1 aromatic carbocycles. The maximum atomic E-state index is 11.5. The zero-order valence-corrected chi connectivity index (χ0v) is 11.7. The van der Waals surface area contributed by atoms with Gasteiger partial charge in [-0.2, -0.15) is 5.10 Å². The molecule has 1 aliphatic rings. The second kappa shape index (κ2) is 5.86. The van der Waals surface area contributed by atoms with Gasteiger partial charge in [-0.3, -0.25) is 9.59 Å². The van der Waals surface area contributed by atoms with E-state index in [-0.39, 0.29) is 24.2 Å². The van der Waals surface area contributed by atoms with Gasteiger partial charge in [-0.25, -0.2) is 5.43 Å². The van der Waals surface area contributed by atoms with Gasteiger partial charge < -0.3 is 5.73 Å². The summed E-state index contributed by atoms with van der Waals surface area (Å²) in [5.41, 5.74) is 10.5. The summed E-state index contributed by atoms with van der Waals surface area (Å²) in [4.78, 5) is 22.3. The van der Waals surface area contributed by atoms with Crippen LogP contribution < -0.4 is 11.2 Å². The van der Waals surface area contributed by atoms with Crippen molar-refractivity contribution in [3.05, 3.63) is 35.4 Å². The summed E-state index contributed by atoms with van der Waals surface area (Å²) < 4.78 is 0. The summed E-state index contributed by atoms with van der Waals surface area (Å²) in [5.74, 6) is 0.0636. The Balaban J connectivity index is 2.25. The van der Waals surface area contributed by atoms with Crippen LogP contribution in [0, 0.1) is 11.8 Å². The Labute approximate surface area is 118 Å². The first-order chi connectivity index (χ1) is 9.47. The monoisotopic (exact) mass is 273 g/mol. The highest BCUT2D eigenvalue weighted by atomic mass is 16.2. The summed E-state index contributed by atoms with van der Waals surface area (Å²) in [6.07, 6.45) is 0.691. The average molecular weight is 273 g/mol. The Morgan fingerprint density at radius 3 is 2.60 bits per heavy atom. The fourth-order valence-corrected chi connectivity index (χ4v) is 2.37. The molecule has 0 saturated heterocycles. The maximum Gasteiger partial charge on any atom is 0.240 e. The Bertz CT molecular complexity index is 547. The molecule has 0 fully saturated rings. The van der Waals surface area contributed by atoms with E-state index >= 15 is 0 Å². The van der Waals surface area contributed by atoms with E-state index in [1.54, 1.807) is 0 Å². The summed E-state index contributed by atoms with van der Waals surface area (Å²) in [6, 6.07) is 7.58. The first-order valence-corrected chi connectivity index (χ1v) is 6.71. The summed E-state index contributed by atoms with van der Waals surface area (Å²) >= 11 is 0. The van der Waals surface area contributed by atoms with Gasteiger partial charge in [0, 0.05) is 12.3 Å². The number of carbonyl (C=O) groups is 2. The van der Waals surface area contributed by atoms with Crippen LogP contribution in [0.2, 0.25) is 0 Å². The molecule has 5 nitrogen and oxygen atoms in total. The molecule has 1 atom stereocenters. The van der Waals surface area contributed by atoms with E-state index < -0.39 is 0 Å². The lowest BCUT2D eigenvalue weighted by Crippen LogP contribution is -2.35. The molecule has 3 N–H and O–H groups in total. The van der Waals surface area contributed by atoms with Crippen molar-refractivity contribution < 1.29 is 9.59 Å². The van der Waals surface area contributed by atoms with Crippen LogP contribution in [0.25, 0.3) is 0 Å². The van der Waals surface area contributed by atoms with E-state index in [0.29, 0.717) is 12.3 Å². The molecule has 2 rings (SSSR count). The van der Waals surface area contributed by atoms with E-state index in [1.165, 1.54) is 0 Å². The van der Waals surface area contributed by atoms with Gasteiger partial charge in [-0.15, -0.1) is 0 Å². The predicted octanol–water partition coefficient (Wildman–Crippen LogP) is 1.21. The lowest BCUT2D eigenvalue weighted by Gasteiger charge is -2.26. The van der Waals surface area contributed by atoms with Crippen molar-refractivity contribution >= 4 is 17.5 Å². The Hall–Kier alpha value is -2.17. The number of hydrogen-bond acceptors (Lipinski definition) is 3. The first-order valence-electron chi connectivity index (χ1n) is 6.71. The molecule has 106 valence electrons. The summed E-state index contributed by atoms with van der Waals surface area (Å²) in [6.45, 7) is 4.17. The van der Waals surface area contributed by atoms with E-state index in [4.69, 9.17) is 5.73 Å². The van der Waals surface area contributed by atoms with Gasteiger partial charge >= 0.3 is 0 Å². The molecule has 5 heteroatoms. The van der Waals surface area contributed by atoms with Crippen molar-refractivity contribution in [2.75, 3.05) is 0 Å². The van der Waals surface area contributed by atoms with Gasteiger partial charge in [0.15, 0.2) is 0 Å². The molecule has 0 aliphatic carbocycles. The predicted molar refractivity (Wildman–Crippen MR) is 77.0 cm³/mol. The molecule has 1 aliphatic heterocycles. The van der Waals surface area contributed by atoms with Gasteiger partial charge in [0.2, 0.25) is 11.8 Å². The van der Waals surface area contributed by atoms with Gasteiger partial charge in [0.25, 0.3) is 0 Å². The quantitative estimate of drug-likeness (QED) is 0.864. The molecule has 0 spiro atoms. The van der Waals surface area contributed by atoms with Crippen molar-refractivity contribution in [1.29, 1.82) is 0 Å². The minimum atomic E-state index is -0.347. The van der Waals surface area contributed by atoms with Gasteiger partial charge in [0.05, 0.1) is 12.1 Å². The molecule has 0 bridgehead atoms. The van der Waals surface area contributed by atoms with Crippen molar-refractivity contribution in [2.24, 2.45) is 22.7 Å². The van der Waals surface area contributed by atoms with Crippen LogP contribution in [0.4, 0.5) is 0 Å². The second-order valence-electron chi connectivity index (χ2n) is 5.43. The number of nitrogens with one attached hydrogen (secondary N) is 1. The highest BCUT2D eigenvalue weighted by Crippen LogP contribution is 2.24. The Kier molecular flexibility index (Phi) is 4.17. The smallest absolute Gasteiger partial charge is 0.240 e. The van der Waals surface area contributed by atoms with Crippen LogP contribution in [0.15, 0.2) is 29.4 Å². The molecule has 1 heterocycles. The number of amides is 2. The molecule has 0 aromatic heterocycles. The SMILES string of the molecule is CC(C)C1CC(=O)NN=C1c1ccc(CC(N)=O)cc1. The number of hydrazone groups is 1. The molecule has 2 amide bonds. The van der Waals surface area contributed by atoms with Gasteiger partial charge in [-0.05, 0) is 17.0 Å². The minimum absolute atomic E-state index is 0.0437. The van der Waals surface area contributed by atoms with Crippen molar-refractivity contribution in [1.82, 2.24) is 5.43 Å². The minimum Gasteiger partial charge on any atom is -0.369 e. The van der Waals surface area contributed by atoms with Crippen molar-refractivity contribution in [2.45, 2.75) is 26.7 Å². The molecular formula is C15H19N3O2. The number of carbonyl (C=O) groups excluding carboxylic acids is 2. The largest absolute Gasteiger partial charge is 0.369 e. The van der Waals surface area contributed by atoms with E-state index in [9.17, 15) is 9.59 Å². The van der Waals surface area contributed by atoms with Gasteiger partial charge in [-0.1, -0.05) is 38.1 Å². The fraction of sp³-hybridized carbons (Fsp3) is 0.400. The van der Waals surface area contributed by atoms with Crippen LogP contribution >= 0.6 is 0 Å². The first kappa shape index (κ1) is 14.2. The van der Waals surface area contributed by atoms with Crippen LogP contribution in [0.5, 0.6) is 0 Å². The fourth-order valence-electron chi connectivity index (χ4n) is 2.37. The Morgan fingerprint density at radius 1 is 1.40 bits per heavy atom. The lowest BCUT2D eigenvalue weighted by atomic mass is 9.83. The third-order valence-corrected chi connectivity index (χ3v) is 3.49. The average Bonchev–Trinajstić information content (AvgIpc) is 2.39. The number of rotatable bonds is 4. The zero-order chi connectivity index (χ0) is 14.7. The van der Waals surface area contributed by atoms with E-state index in [2.05, 4.69) is 24.4 Å². The van der Waals surface area contributed by atoms with Gasteiger partial charge in [0.1, 0.15) is 0 Å². The summed E-state index contributed by atoms with van der Waals surface area (Å²) in [7, 11) is 0. The summed E-state index contributed by atoms with van der Waals surface area (Å²) in [5, 5.41) is 4.20. The Morgan fingerprint density at radius 2 is 2.05 bits per heavy atom. The molecule has 1 aromatic rings.